The van der Waals surface area contributed by atoms with Crippen LogP contribution in [0.3, 0.4) is 0 Å². The molecule has 18 heavy (non-hydrogen) atoms. The molecule has 0 radical (unpaired) electrons. The summed E-state index contributed by atoms with van der Waals surface area (Å²) in [5.41, 5.74) is 0.722. The minimum absolute atomic E-state index is 0.371. The molecule has 5 heteroatoms. The van der Waals surface area contributed by atoms with Crippen molar-refractivity contribution >= 4 is 29.2 Å². The number of benzene rings is 2. The van der Waals surface area contributed by atoms with Gasteiger partial charge in [-0.15, -0.1) is 0 Å². The zero-order chi connectivity index (χ0) is 13.3. The number of carbonyl (C=O) groups is 1. The molecule has 2 aromatic rings. The Balaban J connectivity index is 2.52. The van der Waals surface area contributed by atoms with E-state index in [9.17, 15) is 9.18 Å². The van der Waals surface area contributed by atoms with Gasteiger partial charge in [0.25, 0.3) is 0 Å². The van der Waals surface area contributed by atoms with Crippen molar-refractivity contribution in [2.75, 3.05) is 0 Å². The summed E-state index contributed by atoms with van der Waals surface area (Å²) in [6.07, 6.45) is 0. The second kappa shape index (κ2) is 4.96. The molecule has 0 fully saturated rings. The SMILES string of the molecule is O=C(O)c1ccc(-c2ccc(Cl)cc2Cl)cc1F. The first-order chi connectivity index (χ1) is 8.49. The van der Waals surface area contributed by atoms with Crippen molar-refractivity contribution in [1.29, 1.82) is 0 Å². The third-order valence-electron chi connectivity index (χ3n) is 2.44. The first-order valence-electron chi connectivity index (χ1n) is 4.97. The lowest BCUT2D eigenvalue weighted by atomic mass is 10.0. The van der Waals surface area contributed by atoms with E-state index in [4.69, 9.17) is 28.3 Å². The van der Waals surface area contributed by atoms with Crippen molar-refractivity contribution < 1.29 is 14.3 Å². The molecule has 0 aliphatic rings. The van der Waals surface area contributed by atoms with E-state index in [2.05, 4.69) is 0 Å². The molecule has 0 aliphatic heterocycles. The maximum atomic E-state index is 13.5. The van der Waals surface area contributed by atoms with Crippen molar-refractivity contribution in [3.8, 4) is 11.1 Å². The van der Waals surface area contributed by atoms with Gasteiger partial charge in [0.2, 0.25) is 0 Å². The van der Waals surface area contributed by atoms with Crippen molar-refractivity contribution in [2.45, 2.75) is 0 Å². The topological polar surface area (TPSA) is 37.3 Å². The highest BCUT2D eigenvalue weighted by Gasteiger charge is 2.12. The molecule has 0 aromatic heterocycles. The van der Waals surface area contributed by atoms with Gasteiger partial charge in [-0.1, -0.05) is 35.3 Å². The number of aromatic carboxylic acids is 1. The molecule has 0 saturated carbocycles. The molecule has 2 aromatic carbocycles. The number of carboxylic acids is 1. The largest absolute Gasteiger partial charge is 0.478 e. The quantitative estimate of drug-likeness (QED) is 0.882. The van der Waals surface area contributed by atoms with Gasteiger partial charge in [0, 0.05) is 15.6 Å². The van der Waals surface area contributed by atoms with E-state index in [0.29, 0.717) is 21.2 Å². The summed E-state index contributed by atoms with van der Waals surface area (Å²) in [5.74, 6) is -2.10. The Labute approximate surface area is 113 Å². The second-order valence-electron chi connectivity index (χ2n) is 3.62. The average Bonchev–Trinajstić information content (AvgIpc) is 2.28. The fourth-order valence-corrected chi connectivity index (χ4v) is 2.10. The van der Waals surface area contributed by atoms with Gasteiger partial charge >= 0.3 is 5.97 Å². The maximum Gasteiger partial charge on any atom is 0.338 e. The lowest BCUT2D eigenvalue weighted by molar-refractivity contribution is 0.0692. The summed E-state index contributed by atoms with van der Waals surface area (Å²) in [4.78, 5) is 10.7. The van der Waals surface area contributed by atoms with E-state index in [-0.39, 0.29) is 5.56 Å². The monoisotopic (exact) mass is 284 g/mol. The van der Waals surface area contributed by atoms with E-state index in [1.165, 1.54) is 12.1 Å². The summed E-state index contributed by atoms with van der Waals surface area (Å²) in [7, 11) is 0. The van der Waals surface area contributed by atoms with Crippen molar-refractivity contribution in [3.05, 3.63) is 57.8 Å². The minimum Gasteiger partial charge on any atom is -0.478 e. The number of halogens is 3. The zero-order valence-corrected chi connectivity index (χ0v) is 10.5. The predicted molar refractivity (Wildman–Crippen MR) is 68.8 cm³/mol. The minimum atomic E-state index is -1.30. The molecule has 0 atom stereocenters. The van der Waals surface area contributed by atoms with Crippen LogP contribution < -0.4 is 0 Å². The van der Waals surface area contributed by atoms with Crippen LogP contribution in [0.25, 0.3) is 11.1 Å². The molecular weight excluding hydrogens is 278 g/mol. The summed E-state index contributed by atoms with van der Waals surface area (Å²) < 4.78 is 13.5. The molecule has 0 bridgehead atoms. The Hall–Kier alpha value is -1.58. The van der Waals surface area contributed by atoms with Crippen molar-refractivity contribution in [1.82, 2.24) is 0 Å². The Morgan fingerprint density at radius 3 is 2.39 bits per heavy atom. The van der Waals surface area contributed by atoms with E-state index in [1.807, 2.05) is 0 Å². The van der Waals surface area contributed by atoms with Crippen LogP contribution in [0.4, 0.5) is 4.39 Å². The lowest BCUT2D eigenvalue weighted by Gasteiger charge is -2.06. The highest BCUT2D eigenvalue weighted by Crippen LogP contribution is 2.31. The smallest absolute Gasteiger partial charge is 0.338 e. The third-order valence-corrected chi connectivity index (χ3v) is 2.99. The standard InChI is InChI=1S/C13H7Cl2FO2/c14-8-2-4-9(11(15)6-8)7-1-3-10(13(17)18)12(16)5-7/h1-6H,(H,17,18). The Bertz CT molecular complexity index is 626. The molecule has 1 N–H and O–H groups in total. The van der Waals surface area contributed by atoms with Gasteiger partial charge in [-0.2, -0.15) is 0 Å². The average molecular weight is 285 g/mol. The molecule has 0 unspecified atom stereocenters. The van der Waals surface area contributed by atoms with Crippen LogP contribution >= 0.6 is 23.2 Å². The fraction of sp³-hybridized carbons (Fsp3) is 0. The van der Waals surface area contributed by atoms with Gasteiger partial charge in [-0.25, -0.2) is 9.18 Å². The third kappa shape index (κ3) is 2.47. The molecule has 0 spiro atoms. The van der Waals surface area contributed by atoms with E-state index in [0.717, 1.165) is 6.07 Å². The number of hydrogen-bond donors (Lipinski definition) is 1. The van der Waals surface area contributed by atoms with Crippen LogP contribution in [-0.2, 0) is 0 Å². The van der Waals surface area contributed by atoms with Gasteiger partial charge in [0.05, 0.1) is 5.56 Å². The normalized spacial score (nSPS) is 10.4. The highest BCUT2D eigenvalue weighted by atomic mass is 35.5. The predicted octanol–water partition coefficient (Wildman–Crippen LogP) is 4.50. The summed E-state index contributed by atoms with van der Waals surface area (Å²) in [6.45, 7) is 0. The summed E-state index contributed by atoms with van der Waals surface area (Å²) in [6, 6.07) is 8.67. The second-order valence-corrected chi connectivity index (χ2v) is 4.47. The fourth-order valence-electron chi connectivity index (χ4n) is 1.58. The van der Waals surface area contributed by atoms with Crippen LogP contribution in [-0.4, -0.2) is 11.1 Å². The molecule has 92 valence electrons. The number of hydrogen-bond acceptors (Lipinski definition) is 1. The molecule has 0 heterocycles. The lowest BCUT2D eigenvalue weighted by Crippen LogP contribution is -2.00. The Morgan fingerprint density at radius 1 is 1.11 bits per heavy atom. The first-order valence-corrected chi connectivity index (χ1v) is 5.73. The van der Waals surface area contributed by atoms with Crippen molar-refractivity contribution in [2.24, 2.45) is 0 Å². The first kappa shape index (κ1) is 12.9. The summed E-state index contributed by atoms with van der Waals surface area (Å²) in [5, 5.41) is 9.59. The van der Waals surface area contributed by atoms with E-state index < -0.39 is 11.8 Å². The molecule has 0 saturated heterocycles. The molecule has 0 amide bonds. The van der Waals surface area contributed by atoms with E-state index in [1.54, 1.807) is 18.2 Å². The molecular formula is C13H7Cl2FO2. The van der Waals surface area contributed by atoms with Gasteiger partial charge in [0.1, 0.15) is 5.82 Å². The van der Waals surface area contributed by atoms with Gasteiger partial charge in [-0.3, -0.25) is 0 Å². The van der Waals surface area contributed by atoms with Gasteiger partial charge < -0.3 is 5.11 Å². The van der Waals surface area contributed by atoms with Crippen LogP contribution in [0.5, 0.6) is 0 Å². The molecule has 2 nitrogen and oxygen atoms in total. The van der Waals surface area contributed by atoms with E-state index >= 15 is 0 Å². The number of rotatable bonds is 2. The van der Waals surface area contributed by atoms with Crippen LogP contribution in [0.15, 0.2) is 36.4 Å². The summed E-state index contributed by atoms with van der Waals surface area (Å²) >= 11 is 11.8. The van der Waals surface area contributed by atoms with Crippen LogP contribution in [0, 0.1) is 5.82 Å². The van der Waals surface area contributed by atoms with Gasteiger partial charge in [-0.05, 0) is 29.8 Å². The number of carboxylic acid groups (broad SMARTS) is 1. The highest BCUT2D eigenvalue weighted by molar-refractivity contribution is 6.36. The molecule has 2 rings (SSSR count). The zero-order valence-electron chi connectivity index (χ0n) is 8.95. The van der Waals surface area contributed by atoms with Crippen molar-refractivity contribution in [3.63, 3.8) is 0 Å². The van der Waals surface area contributed by atoms with Crippen LogP contribution in [0.2, 0.25) is 10.0 Å². The maximum absolute atomic E-state index is 13.5. The Kier molecular flexibility index (Phi) is 3.55. The van der Waals surface area contributed by atoms with Crippen LogP contribution in [0.1, 0.15) is 10.4 Å². The van der Waals surface area contributed by atoms with Gasteiger partial charge in [0.15, 0.2) is 0 Å². The molecule has 0 aliphatic carbocycles. The Morgan fingerprint density at radius 2 is 1.83 bits per heavy atom.